The highest BCUT2D eigenvalue weighted by molar-refractivity contribution is 5.91. The number of likely N-dealkylation sites (tertiary alicyclic amines) is 1. The van der Waals surface area contributed by atoms with Crippen molar-refractivity contribution in [2.45, 2.75) is 38.0 Å². The summed E-state index contributed by atoms with van der Waals surface area (Å²) in [5, 5.41) is 14.6. The van der Waals surface area contributed by atoms with Crippen molar-refractivity contribution in [2.24, 2.45) is 0 Å². The molecule has 0 radical (unpaired) electrons. The van der Waals surface area contributed by atoms with Crippen LogP contribution < -0.4 is 5.32 Å². The SMILES string of the molecule is COC(=O)[C@H](Cc1ccc2ccccc2c1)NC(=O)[C@@H]1C[C@@H](O)CN1C(C)=O. The van der Waals surface area contributed by atoms with E-state index in [-0.39, 0.29) is 25.3 Å². The minimum Gasteiger partial charge on any atom is -0.467 e. The molecule has 7 heteroatoms. The van der Waals surface area contributed by atoms with E-state index in [2.05, 4.69) is 5.32 Å². The quantitative estimate of drug-likeness (QED) is 0.751. The van der Waals surface area contributed by atoms with Crippen molar-refractivity contribution in [2.75, 3.05) is 13.7 Å². The predicted octanol–water partition coefficient (Wildman–Crippen LogP) is 1.02. The molecule has 0 saturated carbocycles. The molecule has 2 aromatic carbocycles. The Morgan fingerprint density at radius 1 is 1.21 bits per heavy atom. The van der Waals surface area contributed by atoms with Gasteiger partial charge >= 0.3 is 5.97 Å². The first-order valence-corrected chi connectivity index (χ1v) is 9.20. The molecule has 0 unspecified atom stereocenters. The molecule has 1 aliphatic heterocycles. The Morgan fingerprint density at radius 2 is 1.93 bits per heavy atom. The minimum absolute atomic E-state index is 0.112. The van der Waals surface area contributed by atoms with Gasteiger partial charge in [-0.05, 0) is 16.3 Å². The number of amides is 2. The van der Waals surface area contributed by atoms with Crippen LogP contribution in [0.1, 0.15) is 18.9 Å². The number of aliphatic hydroxyl groups is 1. The van der Waals surface area contributed by atoms with E-state index in [0.29, 0.717) is 0 Å². The van der Waals surface area contributed by atoms with Crippen LogP contribution in [0.4, 0.5) is 0 Å². The molecule has 2 amide bonds. The van der Waals surface area contributed by atoms with Gasteiger partial charge in [0.05, 0.1) is 13.2 Å². The lowest BCUT2D eigenvalue weighted by molar-refractivity contribution is -0.146. The highest BCUT2D eigenvalue weighted by atomic mass is 16.5. The number of carbonyl (C=O) groups excluding carboxylic acids is 3. The normalized spacial score (nSPS) is 20.0. The third kappa shape index (κ3) is 4.31. The number of nitrogens with zero attached hydrogens (tertiary/aromatic N) is 1. The summed E-state index contributed by atoms with van der Waals surface area (Å²) in [5.74, 6) is -1.32. The molecule has 2 N–H and O–H groups in total. The zero-order chi connectivity index (χ0) is 20.3. The predicted molar refractivity (Wildman–Crippen MR) is 103 cm³/mol. The number of hydrogen-bond acceptors (Lipinski definition) is 5. The van der Waals surface area contributed by atoms with Crippen LogP contribution in [-0.4, -0.2) is 59.6 Å². The van der Waals surface area contributed by atoms with Crippen molar-refractivity contribution in [1.29, 1.82) is 0 Å². The molecule has 1 aliphatic rings. The highest BCUT2D eigenvalue weighted by Crippen LogP contribution is 2.20. The summed E-state index contributed by atoms with van der Waals surface area (Å²) >= 11 is 0. The maximum atomic E-state index is 12.7. The average molecular weight is 384 g/mol. The summed E-state index contributed by atoms with van der Waals surface area (Å²) < 4.78 is 4.85. The van der Waals surface area contributed by atoms with Gasteiger partial charge in [0.1, 0.15) is 12.1 Å². The Hall–Kier alpha value is -2.93. The lowest BCUT2D eigenvalue weighted by atomic mass is 10.0. The van der Waals surface area contributed by atoms with Gasteiger partial charge in [0, 0.05) is 26.3 Å². The first-order valence-electron chi connectivity index (χ1n) is 9.20. The summed E-state index contributed by atoms with van der Waals surface area (Å²) in [6.45, 7) is 1.46. The number of methoxy groups -OCH3 is 1. The van der Waals surface area contributed by atoms with Gasteiger partial charge in [-0.3, -0.25) is 9.59 Å². The third-order valence-corrected chi connectivity index (χ3v) is 5.04. The minimum atomic E-state index is -0.884. The van der Waals surface area contributed by atoms with E-state index in [1.807, 2.05) is 42.5 Å². The molecule has 28 heavy (non-hydrogen) atoms. The van der Waals surface area contributed by atoms with Gasteiger partial charge in [-0.15, -0.1) is 0 Å². The molecule has 0 spiro atoms. The van der Waals surface area contributed by atoms with Gasteiger partial charge in [-0.1, -0.05) is 42.5 Å². The van der Waals surface area contributed by atoms with E-state index in [9.17, 15) is 19.5 Å². The van der Waals surface area contributed by atoms with Gasteiger partial charge in [-0.25, -0.2) is 4.79 Å². The molecule has 7 nitrogen and oxygen atoms in total. The molecule has 3 atom stereocenters. The van der Waals surface area contributed by atoms with Crippen molar-refractivity contribution in [3.63, 3.8) is 0 Å². The average Bonchev–Trinajstić information content (AvgIpc) is 3.09. The van der Waals surface area contributed by atoms with Gasteiger partial charge < -0.3 is 20.1 Å². The number of aliphatic hydroxyl groups excluding tert-OH is 1. The Bertz CT molecular complexity index is 897. The lowest BCUT2D eigenvalue weighted by Crippen LogP contribution is -2.51. The number of hydrogen-bond donors (Lipinski definition) is 2. The monoisotopic (exact) mass is 384 g/mol. The molecule has 1 fully saturated rings. The fourth-order valence-corrected chi connectivity index (χ4v) is 3.62. The second kappa shape index (κ2) is 8.39. The largest absolute Gasteiger partial charge is 0.467 e. The third-order valence-electron chi connectivity index (χ3n) is 5.04. The lowest BCUT2D eigenvalue weighted by Gasteiger charge is -2.24. The smallest absolute Gasteiger partial charge is 0.328 e. The van der Waals surface area contributed by atoms with Gasteiger partial charge in [0.25, 0.3) is 0 Å². The maximum absolute atomic E-state index is 12.7. The highest BCUT2D eigenvalue weighted by Gasteiger charge is 2.38. The second-order valence-electron chi connectivity index (χ2n) is 7.05. The number of β-amino-alcohol motifs (C(OH)–C–C–N with tert-alkyl or cyclic N) is 1. The van der Waals surface area contributed by atoms with Gasteiger partial charge in [-0.2, -0.15) is 0 Å². The van der Waals surface area contributed by atoms with Crippen molar-refractivity contribution >= 4 is 28.6 Å². The molecule has 2 aromatic rings. The number of ether oxygens (including phenoxy) is 1. The second-order valence-corrected chi connectivity index (χ2v) is 7.05. The van der Waals surface area contributed by atoms with E-state index in [4.69, 9.17) is 4.74 Å². The first kappa shape index (κ1) is 19.8. The van der Waals surface area contributed by atoms with E-state index < -0.39 is 30.1 Å². The number of carbonyl (C=O) groups is 3. The van der Waals surface area contributed by atoms with Crippen LogP contribution in [0.2, 0.25) is 0 Å². The molecule has 148 valence electrons. The van der Waals surface area contributed by atoms with Crippen molar-refractivity contribution in [3.8, 4) is 0 Å². The first-order chi connectivity index (χ1) is 13.4. The number of esters is 1. The zero-order valence-electron chi connectivity index (χ0n) is 15.9. The molecule has 1 heterocycles. The van der Waals surface area contributed by atoms with Crippen LogP contribution in [0.3, 0.4) is 0 Å². The molecular weight excluding hydrogens is 360 g/mol. The fourth-order valence-electron chi connectivity index (χ4n) is 3.62. The van der Waals surface area contributed by atoms with Gasteiger partial charge in [0.2, 0.25) is 11.8 Å². The van der Waals surface area contributed by atoms with Crippen molar-refractivity contribution in [3.05, 3.63) is 48.0 Å². The number of rotatable bonds is 5. The Kier molecular flexibility index (Phi) is 5.94. The van der Waals surface area contributed by atoms with Crippen LogP contribution in [0.5, 0.6) is 0 Å². The van der Waals surface area contributed by atoms with Crippen LogP contribution in [0.25, 0.3) is 10.8 Å². The maximum Gasteiger partial charge on any atom is 0.328 e. The Balaban J connectivity index is 1.77. The molecule has 1 saturated heterocycles. The van der Waals surface area contributed by atoms with E-state index >= 15 is 0 Å². The van der Waals surface area contributed by atoms with E-state index in [1.165, 1.54) is 18.9 Å². The van der Waals surface area contributed by atoms with E-state index in [0.717, 1.165) is 16.3 Å². The summed E-state index contributed by atoms with van der Waals surface area (Å²) in [6.07, 6.45) is -0.342. The van der Waals surface area contributed by atoms with Crippen LogP contribution in [-0.2, 0) is 25.5 Å². The Morgan fingerprint density at radius 3 is 2.61 bits per heavy atom. The summed E-state index contributed by atoms with van der Waals surface area (Å²) in [6, 6.07) is 12.0. The molecule has 0 aromatic heterocycles. The van der Waals surface area contributed by atoms with Crippen LogP contribution in [0.15, 0.2) is 42.5 Å². The van der Waals surface area contributed by atoms with Crippen molar-refractivity contribution in [1.82, 2.24) is 10.2 Å². The number of fused-ring (bicyclic) bond motifs is 1. The summed E-state index contributed by atoms with van der Waals surface area (Å²) in [4.78, 5) is 38.0. The van der Waals surface area contributed by atoms with Crippen LogP contribution in [0, 0.1) is 0 Å². The summed E-state index contributed by atoms with van der Waals surface area (Å²) in [7, 11) is 1.27. The van der Waals surface area contributed by atoms with Crippen LogP contribution >= 0.6 is 0 Å². The molecule has 3 rings (SSSR count). The Labute approximate surface area is 163 Å². The molecular formula is C21H24N2O5. The van der Waals surface area contributed by atoms with Crippen molar-refractivity contribution < 1.29 is 24.2 Å². The number of benzene rings is 2. The standard InChI is InChI=1S/C21H24N2O5/c1-13(24)23-12-17(25)11-19(23)20(26)22-18(21(27)28-2)10-14-7-8-15-5-3-4-6-16(15)9-14/h3-9,17-19,25H,10-12H2,1-2H3,(H,22,26)/t17-,18+,19+/m1/s1. The zero-order valence-corrected chi connectivity index (χ0v) is 15.9. The molecule has 0 aliphatic carbocycles. The van der Waals surface area contributed by atoms with Gasteiger partial charge in [0.15, 0.2) is 0 Å². The fraction of sp³-hybridized carbons (Fsp3) is 0.381. The number of nitrogens with one attached hydrogen (secondary N) is 1. The molecule has 0 bridgehead atoms. The topological polar surface area (TPSA) is 95.9 Å². The summed E-state index contributed by atoms with van der Waals surface area (Å²) in [5.41, 5.74) is 0.879. The van der Waals surface area contributed by atoms with E-state index in [1.54, 1.807) is 0 Å².